The molecule has 132 valence electrons. The zero-order valence-electron chi connectivity index (χ0n) is 14.4. The first-order valence-corrected chi connectivity index (χ1v) is 9.90. The highest BCUT2D eigenvalue weighted by molar-refractivity contribution is 7.12. The molecule has 2 aliphatic rings. The van der Waals surface area contributed by atoms with E-state index in [1.807, 2.05) is 29.3 Å². The maximum atomic E-state index is 12.5. The average Bonchev–Trinajstić information content (AvgIpc) is 3.16. The van der Waals surface area contributed by atoms with E-state index in [1.165, 1.54) is 30.6 Å². The highest BCUT2D eigenvalue weighted by Crippen LogP contribution is 2.18. The Balaban J connectivity index is 1.46. The van der Waals surface area contributed by atoms with Crippen molar-refractivity contribution < 1.29 is 9.59 Å². The maximum absolute atomic E-state index is 12.5. The van der Waals surface area contributed by atoms with Crippen molar-refractivity contribution in [2.75, 3.05) is 26.2 Å². The van der Waals surface area contributed by atoms with E-state index in [0.29, 0.717) is 19.1 Å². The zero-order valence-corrected chi connectivity index (χ0v) is 15.2. The largest absolute Gasteiger partial charge is 0.352 e. The van der Waals surface area contributed by atoms with Gasteiger partial charge < -0.3 is 10.2 Å². The lowest BCUT2D eigenvalue weighted by Crippen LogP contribution is -2.56. The van der Waals surface area contributed by atoms with Gasteiger partial charge in [0.25, 0.3) is 5.91 Å². The van der Waals surface area contributed by atoms with Crippen molar-refractivity contribution in [3.05, 3.63) is 22.4 Å². The Morgan fingerprint density at radius 1 is 1.17 bits per heavy atom. The Bertz CT molecular complexity index is 547. The van der Waals surface area contributed by atoms with Gasteiger partial charge >= 0.3 is 0 Å². The van der Waals surface area contributed by atoms with Crippen LogP contribution in [0.15, 0.2) is 17.5 Å². The molecule has 0 radical (unpaired) electrons. The summed E-state index contributed by atoms with van der Waals surface area (Å²) in [4.78, 5) is 29.7. The smallest absolute Gasteiger partial charge is 0.264 e. The lowest BCUT2D eigenvalue weighted by atomic mass is 9.95. The van der Waals surface area contributed by atoms with Gasteiger partial charge in [0.2, 0.25) is 5.91 Å². The molecule has 1 N–H and O–H groups in total. The van der Waals surface area contributed by atoms with Crippen LogP contribution in [0.2, 0.25) is 0 Å². The van der Waals surface area contributed by atoms with E-state index in [4.69, 9.17) is 0 Å². The van der Waals surface area contributed by atoms with Crippen LogP contribution in [0.4, 0.5) is 0 Å². The van der Waals surface area contributed by atoms with E-state index in [1.54, 1.807) is 0 Å². The van der Waals surface area contributed by atoms with Gasteiger partial charge in [0.15, 0.2) is 0 Å². The molecule has 1 saturated carbocycles. The van der Waals surface area contributed by atoms with Crippen LogP contribution in [0.3, 0.4) is 0 Å². The Morgan fingerprint density at radius 2 is 1.88 bits per heavy atom. The molecule has 2 fully saturated rings. The number of piperazine rings is 1. The molecule has 5 nitrogen and oxygen atoms in total. The second-order valence-corrected chi connectivity index (χ2v) is 7.77. The number of hydrogen-bond acceptors (Lipinski definition) is 4. The van der Waals surface area contributed by atoms with Crippen LogP contribution >= 0.6 is 11.3 Å². The summed E-state index contributed by atoms with van der Waals surface area (Å²) in [7, 11) is 0. The van der Waals surface area contributed by atoms with Gasteiger partial charge in [-0.2, -0.15) is 0 Å². The van der Waals surface area contributed by atoms with Crippen LogP contribution in [0, 0.1) is 0 Å². The van der Waals surface area contributed by atoms with E-state index < -0.39 is 0 Å². The van der Waals surface area contributed by atoms with Gasteiger partial charge in [0.05, 0.1) is 10.9 Å². The maximum Gasteiger partial charge on any atom is 0.264 e. The predicted octanol–water partition coefficient (Wildman–Crippen LogP) is 2.34. The molecule has 24 heavy (non-hydrogen) atoms. The third-order valence-electron chi connectivity index (χ3n) is 5.21. The molecule has 1 aromatic heterocycles. The standard InChI is InChI=1S/C18H27N3O2S/c1-14(17(22)19-15-6-3-2-4-7-15)20-9-11-21(12-10-20)18(23)16-8-5-13-24-16/h5,8,13-15H,2-4,6-7,9-12H2,1H3,(H,19,22)/t14-/m1/s1. The fraction of sp³-hybridized carbons (Fsp3) is 0.667. The lowest BCUT2D eigenvalue weighted by Gasteiger charge is -2.37. The van der Waals surface area contributed by atoms with Crippen molar-refractivity contribution in [3.63, 3.8) is 0 Å². The van der Waals surface area contributed by atoms with Gasteiger partial charge in [0.1, 0.15) is 0 Å². The van der Waals surface area contributed by atoms with Crippen molar-refractivity contribution in [2.24, 2.45) is 0 Å². The minimum Gasteiger partial charge on any atom is -0.352 e. The molecular weight excluding hydrogens is 322 g/mol. The Morgan fingerprint density at radius 3 is 2.50 bits per heavy atom. The van der Waals surface area contributed by atoms with Crippen molar-refractivity contribution in [3.8, 4) is 0 Å². The summed E-state index contributed by atoms with van der Waals surface area (Å²) in [6.45, 7) is 4.89. The molecule has 1 aliphatic carbocycles. The van der Waals surface area contributed by atoms with E-state index in [0.717, 1.165) is 30.8 Å². The second kappa shape index (κ2) is 8.12. The number of amides is 2. The minimum absolute atomic E-state index is 0.115. The van der Waals surface area contributed by atoms with Gasteiger partial charge in [-0.1, -0.05) is 25.3 Å². The molecular formula is C18H27N3O2S. The number of rotatable bonds is 4. The van der Waals surface area contributed by atoms with Crippen molar-refractivity contribution >= 4 is 23.2 Å². The van der Waals surface area contributed by atoms with Crippen molar-refractivity contribution in [1.82, 2.24) is 15.1 Å². The first kappa shape index (κ1) is 17.4. The Hall–Kier alpha value is -1.40. The highest BCUT2D eigenvalue weighted by atomic mass is 32.1. The molecule has 0 spiro atoms. The van der Waals surface area contributed by atoms with E-state index in [-0.39, 0.29) is 17.9 Å². The summed E-state index contributed by atoms with van der Waals surface area (Å²) in [5.74, 6) is 0.254. The van der Waals surface area contributed by atoms with Gasteiger partial charge in [-0.3, -0.25) is 14.5 Å². The van der Waals surface area contributed by atoms with E-state index >= 15 is 0 Å². The van der Waals surface area contributed by atoms with Gasteiger partial charge in [0, 0.05) is 32.2 Å². The van der Waals surface area contributed by atoms with Crippen LogP contribution in [0.5, 0.6) is 0 Å². The molecule has 0 aromatic carbocycles. The molecule has 2 heterocycles. The first-order chi connectivity index (χ1) is 11.6. The number of thiophene rings is 1. The summed E-state index contributed by atoms with van der Waals surface area (Å²) in [5.41, 5.74) is 0. The number of carbonyl (C=O) groups is 2. The summed E-state index contributed by atoms with van der Waals surface area (Å²) < 4.78 is 0. The summed E-state index contributed by atoms with van der Waals surface area (Å²) in [6.07, 6.45) is 5.97. The van der Waals surface area contributed by atoms with Gasteiger partial charge in [-0.15, -0.1) is 11.3 Å². The highest BCUT2D eigenvalue weighted by Gasteiger charge is 2.29. The molecule has 1 atom stereocenters. The van der Waals surface area contributed by atoms with E-state index in [2.05, 4.69) is 10.2 Å². The molecule has 6 heteroatoms. The van der Waals surface area contributed by atoms with Crippen LogP contribution < -0.4 is 5.32 Å². The number of nitrogens with one attached hydrogen (secondary N) is 1. The molecule has 1 aliphatic heterocycles. The van der Waals surface area contributed by atoms with E-state index in [9.17, 15) is 9.59 Å². The fourth-order valence-corrected chi connectivity index (χ4v) is 4.29. The van der Waals surface area contributed by atoms with Crippen LogP contribution in [-0.4, -0.2) is 59.9 Å². The van der Waals surface area contributed by atoms with Crippen LogP contribution in [-0.2, 0) is 4.79 Å². The predicted molar refractivity (Wildman–Crippen MR) is 96.3 cm³/mol. The summed E-state index contributed by atoms with van der Waals surface area (Å²) in [6, 6.07) is 4.02. The molecule has 3 rings (SSSR count). The van der Waals surface area contributed by atoms with Crippen LogP contribution in [0.25, 0.3) is 0 Å². The minimum atomic E-state index is -0.120. The normalized spacial score (nSPS) is 21.5. The molecule has 1 aromatic rings. The molecule has 1 saturated heterocycles. The first-order valence-electron chi connectivity index (χ1n) is 9.02. The monoisotopic (exact) mass is 349 g/mol. The average molecular weight is 350 g/mol. The number of hydrogen-bond donors (Lipinski definition) is 1. The lowest BCUT2D eigenvalue weighted by molar-refractivity contribution is -0.127. The van der Waals surface area contributed by atoms with Crippen molar-refractivity contribution in [2.45, 2.75) is 51.1 Å². The third kappa shape index (κ3) is 4.16. The topological polar surface area (TPSA) is 52.7 Å². The second-order valence-electron chi connectivity index (χ2n) is 6.82. The van der Waals surface area contributed by atoms with Gasteiger partial charge in [-0.25, -0.2) is 0 Å². The molecule has 0 unspecified atom stereocenters. The molecule has 2 amide bonds. The van der Waals surface area contributed by atoms with Gasteiger partial charge in [-0.05, 0) is 31.2 Å². The summed E-state index contributed by atoms with van der Waals surface area (Å²) >= 11 is 1.49. The summed E-state index contributed by atoms with van der Waals surface area (Å²) in [5, 5.41) is 5.14. The third-order valence-corrected chi connectivity index (χ3v) is 6.07. The number of carbonyl (C=O) groups excluding carboxylic acids is 2. The fourth-order valence-electron chi connectivity index (χ4n) is 3.60. The zero-order chi connectivity index (χ0) is 16.9. The number of nitrogens with zero attached hydrogens (tertiary/aromatic N) is 2. The Labute approximate surface area is 148 Å². The van der Waals surface area contributed by atoms with Crippen LogP contribution in [0.1, 0.15) is 48.7 Å². The molecule has 0 bridgehead atoms. The quantitative estimate of drug-likeness (QED) is 0.908. The Kier molecular flexibility index (Phi) is 5.89. The van der Waals surface area contributed by atoms with Crippen molar-refractivity contribution in [1.29, 1.82) is 0 Å². The SMILES string of the molecule is C[C@H](C(=O)NC1CCCCC1)N1CCN(C(=O)c2cccs2)CC1.